The van der Waals surface area contributed by atoms with Crippen LogP contribution in [-0.4, -0.2) is 76.0 Å². The fraction of sp³-hybridized carbons (Fsp3) is 0.471. The molecular formula is C17H22FN3O4S. The van der Waals surface area contributed by atoms with Crippen LogP contribution in [0.5, 0.6) is 0 Å². The maximum Gasteiger partial charge on any atom is 0.312 e. The fourth-order valence-electron chi connectivity index (χ4n) is 2.71. The maximum absolute atomic E-state index is 12.9. The van der Waals surface area contributed by atoms with Gasteiger partial charge in [-0.05, 0) is 31.2 Å². The number of piperazine rings is 1. The van der Waals surface area contributed by atoms with Crippen molar-refractivity contribution < 1.29 is 23.0 Å². The molecule has 0 radical (unpaired) electrons. The van der Waals surface area contributed by atoms with Crippen LogP contribution < -0.4 is 5.32 Å². The van der Waals surface area contributed by atoms with Gasteiger partial charge in [0.05, 0.1) is 0 Å². The van der Waals surface area contributed by atoms with E-state index < -0.39 is 28.4 Å². The highest BCUT2D eigenvalue weighted by atomic mass is 32.2. The Morgan fingerprint density at radius 3 is 2.19 bits per heavy atom. The summed E-state index contributed by atoms with van der Waals surface area (Å²) in [4.78, 5) is 39.5. The van der Waals surface area contributed by atoms with Gasteiger partial charge in [0.15, 0.2) is 0 Å². The minimum atomic E-state index is -1.07. The summed E-state index contributed by atoms with van der Waals surface area (Å²) >= 11 is 0. The first-order valence-corrected chi connectivity index (χ1v) is 9.95. The lowest BCUT2D eigenvalue weighted by Gasteiger charge is -2.34. The number of amides is 3. The van der Waals surface area contributed by atoms with Gasteiger partial charge in [-0.25, -0.2) is 4.39 Å². The molecule has 2 unspecified atom stereocenters. The highest BCUT2D eigenvalue weighted by Gasteiger charge is 2.28. The molecule has 0 spiro atoms. The molecule has 1 heterocycles. The van der Waals surface area contributed by atoms with Crippen LogP contribution in [0.4, 0.5) is 4.39 Å². The second-order valence-electron chi connectivity index (χ2n) is 6.21. The van der Waals surface area contributed by atoms with Gasteiger partial charge in [-0.2, -0.15) is 0 Å². The number of halogens is 1. The van der Waals surface area contributed by atoms with E-state index in [1.54, 1.807) is 11.8 Å². The van der Waals surface area contributed by atoms with Crippen LogP contribution in [-0.2, 0) is 20.4 Å². The van der Waals surface area contributed by atoms with Crippen LogP contribution in [0.3, 0.4) is 0 Å². The first-order valence-electron chi connectivity index (χ1n) is 8.22. The lowest BCUT2D eigenvalue weighted by atomic mass is 10.1. The Morgan fingerprint density at radius 2 is 1.65 bits per heavy atom. The zero-order valence-electron chi connectivity index (χ0n) is 14.7. The number of rotatable bonds is 4. The molecule has 1 aromatic carbocycles. The molecule has 1 aliphatic rings. The maximum atomic E-state index is 12.9. The Hall–Kier alpha value is -2.29. The second kappa shape index (κ2) is 8.88. The van der Waals surface area contributed by atoms with Gasteiger partial charge in [0.25, 0.3) is 5.91 Å². The quantitative estimate of drug-likeness (QED) is 0.741. The van der Waals surface area contributed by atoms with E-state index in [0.29, 0.717) is 18.7 Å². The van der Waals surface area contributed by atoms with Gasteiger partial charge in [-0.3, -0.25) is 18.6 Å². The van der Waals surface area contributed by atoms with Gasteiger partial charge in [-0.1, -0.05) is 0 Å². The second-order valence-corrected chi connectivity index (χ2v) is 7.69. The van der Waals surface area contributed by atoms with Crippen LogP contribution in [0.2, 0.25) is 0 Å². The summed E-state index contributed by atoms with van der Waals surface area (Å²) in [5.74, 6) is -1.77. The van der Waals surface area contributed by atoms with Crippen molar-refractivity contribution >= 4 is 28.5 Å². The summed E-state index contributed by atoms with van der Waals surface area (Å²) in [6.07, 6.45) is 1.53. The molecule has 1 aromatic rings. The number of benzene rings is 1. The van der Waals surface area contributed by atoms with Crippen LogP contribution in [0.1, 0.15) is 17.3 Å². The minimum absolute atomic E-state index is 0.236. The first-order chi connectivity index (χ1) is 12.3. The zero-order valence-corrected chi connectivity index (χ0v) is 15.6. The zero-order chi connectivity index (χ0) is 19.3. The van der Waals surface area contributed by atoms with E-state index in [0.717, 1.165) is 0 Å². The van der Waals surface area contributed by atoms with Crippen molar-refractivity contribution in [1.29, 1.82) is 0 Å². The predicted molar refractivity (Wildman–Crippen MR) is 95.4 cm³/mol. The molecule has 0 aromatic heterocycles. The van der Waals surface area contributed by atoms with Crippen molar-refractivity contribution in [3.05, 3.63) is 35.6 Å². The van der Waals surface area contributed by atoms with E-state index in [4.69, 9.17) is 0 Å². The summed E-state index contributed by atoms with van der Waals surface area (Å²) in [6.45, 7) is 2.76. The monoisotopic (exact) mass is 383 g/mol. The molecule has 0 saturated carbocycles. The molecule has 26 heavy (non-hydrogen) atoms. The first kappa shape index (κ1) is 20.0. The number of nitrogens with one attached hydrogen (secondary N) is 1. The fourth-order valence-corrected chi connectivity index (χ4v) is 3.50. The molecule has 2 rings (SSSR count). The van der Waals surface area contributed by atoms with E-state index >= 15 is 0 Å². The van der Waals surface area contributed by atoms with E-state index in [2.05, 4.69) is 5.32 Å². The molecule has 3 amide bonds. The van der Waals surface area contributed by atoms with Crippen LogP contribution in [0.25, 0.3) is 0 Å². The lowest BCUT2D eigenvalue weighted by molar-refractivity contribution is -0.147. The number of hydrogen-bond acceptors (Lipinski definition) is 4. The molecule has 1 aliphatic heterocycles. The highest BCUT2D eigenvalue weighted by Crippen LogP contribution is 2.10. The molecule has 0 bridgehead atoms. The molecule has 0 aliphatic carbocycles. The van der Waals surface area contributed by atoms with Crippen molar-refractivity contribution in [2.24, 2.45) is 0 Å². The summed E-state index contributed by atoms with van der Waals surface area (Å²) in [7, 11) is -1.07. The van der Waals surface area contributed by atoms with Crippen LogP contribution in [0.15, 0.2) is 24.3 Å². The van der Waals surface area contributed by atoms with Crippen molar-refractivity contribution in [3.8, 4) is 0 Å². The van der Waals surface area contributed by atoms with Gasteiger partial charge in [0, 0.05) is 60.6 Å². The molecule has 1 N–H and O–H groups in total. The average molecular weight is 383 g/mol. The van der Waals surface area contributed by atoms with Gasteiger partial charge in [-0.15, -0.1) is 0 Å². The highest BCUT2D eigenvalue weighted by molar-refractivity contribution is 7.84. The Morgan fingerprint density at radius 1 is 1.12 bits per heavy atom. The average Bonchev–Trinajstić information content (AvgIpc) is 2.60. The predicted octanol–water partition coefficient (Wildman–Crippen LogP) is -0.00670. The van der Waals surface area contributed by atoms with E-state index in [9.17, 15) is 23.0 Å². The molecule has 1 fully saturated rings. The minimum Gasteiger partial charge on any atom is -0.344 e. The van der Waals surface area contributed by atoms with E-state index in [-0.39, 0.29) is 30.8 Å². The van der Waals surface area contributed by atoms with Crippen molar-refractivity contribution in [3.63, 3.8) is 0 Å². The standard InChI is InChI=1S/C17H22FN3O4S/c1-12(11-26(2)25)19-15(22)17(24)21-9-7-20(8-10-21)16(23)13-3-5-14(18)6-4-13/h3-6,12H,7-11H2,1-2H3,(H,19,22). The Balaban J connectivity index is 1.86. The summed E-state index contributed by atoms with van der Waals surface area (Å²) in [5, 5.41) is 2.53. The van der Waals surface area contributed by atoms with Crippen LogP contribution >= 0.6 is 0 Å². The normalized spacial score (nSPS) is 16.7. The van der Waals surface area contributed by atoms with Gasteiger partial charge in [0.2, 0.25) is 0 Å². The third-order valence-electron chi connectivity index (χ3n) is 4.00. The third-order valence-corrected chi connectivity index (χ3v) is 4.97. The lowest BCUT2D eigenvalue weighted by Crippen LogP contribution is -2.54. The van der Waals surface area contributed by atoms with Gasteiger partial charge < -0.3 is 15.1 Å². The summed E-state index contributed by atoms with van der Waals surface area (Å²) in [5.41, 5.74) is 0.380. The summed E-state index contributed by atoms with van der Waals surface area (Å²) in [6, 6.07) is 4.92. The SMILES string of the molecule is CC(CS(C)=O)NC(=O)C(=O)N1CCN(C(=O)c2ccc(F)cc2)CC1. The largest absolute Gasteiger partial charge is 0.344 e. The van der Waals surface area contributed by atoms with Gasteiger partial charge >= 0.3 is 11.8 Å². The molecule has 9 heteroatoms. The Kier molecular flexibility index (Phi) is 6.84. The Labute approximate surface area is 154 Å². The molecule has 142 valence electrons. The van der Waals surface area contributed by atoms with Crippen molar-refractivity contribution in [1.82, 2.24) is 15.1 Å². The number of carbonyl (C=O) groups is 3. The van der Waals surface area contributed by atoms with E-state index in [1.165, 1.54) is 35.4 Å². The van der Waals surface area contributed by atoms with E-state index in [1.807, 2.05) is 0 Å². The van der Waals surface area contributed by atoms with Gasteiger partial charge in [0.1, 0.15) is 5.82 Å². The van der Waals surface area contributed by atoms with Crippen LogP contribution in [0, 0.1) is 5.82 Å². The number of nitrogens with zero attached hydrogens (tertiary/aromatic N) is 2. The number of hydrogen-bond donors (Lipinski definition) is 1. The number of carbonyl (C=O) groups excluding carboxylic acids is 3. The van der Waals surface area contributed by atoms with Crippen molar-refractivity contribution in [2.75, 3.05) is 38.2 Å². The molecule has 1 saturated heterocycles. The smallest absolute Gasteiger partial charge is 0.312 e. The third kappa shape index (κ3) is 5.35. The van der Waals surface area contributed by atoms with Crippen molar-refractivity contribution in [2.45, 2.75) is 13.0 Å². The topological polar surface area (TPSA) is 86.8 Å². The molecular weight excluding hydrogens is 361 g/mol. The Bertz CT molecular complexity index is 702. The molecule has 2 atom stereocenters. The molecule has 7 nitrogen and oxygen atoms in total. The summed E-state index contributed by atoms with van der Waals surface area (Å²) < 4.78 is 24.1.